The molecule has 8 rings (SSSR count). The Labute approximate surface area is 259 Å². The summed E-state index contributed by atoms with van der Waals surface area (Å²) in [6.07, 6.45) is 7.18. The van der Waals surface area contributed by atoms with E-state index >= 15 is 0 Å². The minimum atomic E-state index is -0.0922. The monoisotopic (exact) mass is 561 g/mol. The first-order chi connectivity index (χ1) is 20.8. The van der Waals surface area contributed by atoms with E-state index in [4.69, 9.17) is 0 Å². The van der Waals surface area contributed by atoms with Gasteiger partial charge in [-0.15, -0.1) is 0 Å². The Balaban J connectivity index is 1.38. The Morgan fingerprint density at radius 3 is 2.07 bits per heavy atom. The summed E-state index contributed by atoms with van der Waals surface area (Å²) in [5.74, 6) is 0. The van der Waals surface area contributed by atoms with E-state index < -0.39 is 0 Å². The van der Waals surface area contributed by atoms with E-state index in [0.717, 1.165) is 19.3 Å². The second-order valence-corrected chi connectivity index (χ2v) is 14.6. The third-order valence-electron chi connectivity index (χ3n) is 12.1. The van der Waals surface area contributed by atoms with Crippen molar-refractivity contribution in [2.75, 3.05) is 4.90 Å². The highest BCUT2D eigenvalue weighted by Gasteiger charge is 2.50. The number of nitrogens with zero attached hydrogens (tertiary/aromatic N) is 1. The third kappa shape index (κ3) is 3.41. The second-order valence-electron chi connectivity index (χ2n) is 14.6. The summed E-state index contributed by atoms with van der Waals surface area (Å²) in [6.45, 7) is 14.9. The molecular weight excluding hydrogens is 517 g/mol. The standard InChI is InChI=1S/C41H44BN/c1-7-41(8-2)28-16-9-12-21-34(28)42-35-25-24-27(26-33(35)40(5,6)31-19-15-20-32(41)38(31)42)43-36-22-13-10-17-29(36)39(3,4)30-18-11-14-23-37(30)43/h9-10,12-13,15-17,19-22,24-26H,7-8,11,14,18,23H2,1-6H3. The SMILES string of the molecule is CCC1(CC)c2ccccc2B2c3ccc(N4C5=C(CCCC5)C(C)(C)c5ccccc54)cc3C(C)(C)c3cccc1c32. The van der Waals surface area contributed by atoms with Crippen molar-refractivity contribution in [3.05, 3.63) is 124 Å². The van der Waals surface area contributed by atoms with E-state index in [2.05, 4.69) is 131 Å². The van der Waals surface area contributed by atoms with E-state index in [0.29, 0.717) is 0 Å². The van der Waals surface area contributed by atoms with Crippen LogP contribution in [0.25, 0.3) is 0 Å². The van der Waals surface area contributed by atoms with Crippen molar-refractivity contribution >= 4 is 34.5 Å². The number of para-hydroxylation sites is 1. The van der Waals surface area contributed by atoms with E-state index in [1.54, 1.807) is 22.3 Å². The Hall–Kier alpha value is -3.52. The van der Waals surface area contributed by atoms with Crippen molar-refractivity contribution in [3.8, 4) is 0 Å². The van der Waals surface area contributed by atoms with Gasteiger partial charge in [0.15, 0.2) is 0 Å². The molecule has 1 aliphatic carbocycles. The summed E-state index contributed by atoms with van der Waals surface area (Å²) in [5.41, 5.74) is 18.1. The molecular formula is C41H44BN. The lowest BCUT2D eigenvalue weighted by molar-refractivity contribution is 0.479. The van der Waals surface area contributed by atoms with Crippen molar-refractivity contribution < 1.29 is 0 Å². The van der Waals surface area contributed by atoms with Gasteiger partial charge in [0.2, 0.25) is 6.71 Å². The largest absolute Gasteiger partial charge is 0.314 e. The highest BCUT2D eigenvalue weighted by atomic mass is 15.2. The highest BCUT2D eigenvalue weighted by Crippen LogP contribution is 2.53. The first-order valence-electron chi connectivity index (χ1n) is 16.8. The van der Waals surface area contributed by atoms with Crippen molar-refractivity contribution in [1.82, 2.24) is 0 Å². The first kappa shape index (κ1) is 27.1. The average Bonchev–Trinajstić information content (AvgIpc) is 3.03. The Morgan fingerprint density at radius 2 is 1.28 bits per heavy atom. The molecule has 216 valence electrons. The van der Waals surface area contributed by atoms with E-state index in [1.165, 1.54) is 63.8 Å². The van der Waals surface area contributed by atoms with Gasteiger partial charge < -0.3 is 4.90 Å². The van der Waals surface area contributed by atoms with Crippen LogP contribution < -0.4 is 21.3 Å². The zero-order valence-corrected chi connectivity index (χ0v) is 26.9. The minimum Gasteiger partial charge on any atom is -0.314 e. The van der Waals surface area contributed by atoms with Crippen LogP contribution in [-0.4, -0.2) is 6.71 Å². The van der Waals surface area contributed by atoms with Crippen LogP contribution in [0, 0.1) is 0 Å². The predicted octanol–water partition coefficient (Wildman–Crippen LogP) is 8.52. The third-order valence-corrected chi connectivity index (χ3v) is 12.1. The topological polar surface area (TPSA) is 3.24 Å². The number of fused-ring (bicyclic) bond motifs is 5. The van der Waals surface area contributed by atoms with Crippen molar-refractivity contribution in [2.45, 2.75) is 96.3 Å². The van der Waals surface area contributed by atoms with Crippen molar-refractivity contribution in [1.29, 1.82) is 0 Å². The molecule has 3 aliphatic heterocycles. The molecule has 0 saturated heterocycles. The van der Waals surface area contributed by atoms with Crippen LogP contribution in [0.3, 0.4) is 0 Å². The molecule has 0 aromatic heterocycles. The lowest BCUT2D eigenvalue weighted by atomic mass is 9.27. The number of benzene rings is 4. The molecule has 3 heterocycles. The quantitative estimate of drug-likeness (QED) is 0.227. The zero-order chi connectivity index (χ0) is 29.7. The van der Waals surface area contributed by atoms with Gasteiger partial charge in [-0.1, -0.05) is 125 Å². The number of rotatable bonds is 3. The molecule has 0 radical (unpaired) electrons. The van der Waals surface area contributed by atoms with Gasteiger partial charge >= 0.3 is 0 Å². The molecule has 0 amide bonds. The summed E-state index contributed by atoms with van der Waals surface area (Å²) in [4.78, 5) is 2.64. The van der Waals surface area contributed by atoms with Crippen LogP contribution in [-0.2, 0) is 16.2 Å². The average molecular weight is 562 g/mol. The summed E-state index contributed by atoms with van der Waals surface area (Å²) < 4.78 is 0. The fraction of sp³-hybridized carbons (Fsp3) is 0.366. The molecule has 4 aromatic carbocycles. The molecule has 0 unspecified atom stereocenters. The summed E-state index contributed by atoms with van der Waals surface area (Å²) in [7, 11) is 0. The Morgan fingerprint density at radius 1 is 0.628 bits per heavy atom. The van der Waals surface area contributed by atoms with Gasteiger partial charge in [0, 0.05) is 33.3 Å². The molecule has 2 heteroatoms. The number of hydrogen-bond donors (Lipinski definition) is 0. The molecule has 0 N–H and O–H groups in total. The van der Waals surface area contributed by atoms with Gasteiger partial charge in [-0.25, -0.2) is 0 Å². The van der Waals surface area contributed by atoms with Gasteiger partial charge in [0.05, 0.1) is 0 Å². The predicted molar refractivity (Wildman–Crippen MR) is 185 cm³/mol. The molecule has 1 nitrogen and oxygen atoms in total. The van der Waals surface area contributed by atoms with Gasteiger partial charge in [0.1, 0.15) is 0 Å². The highest BCUT2D eigenvalue weighted by molar-refractivity contribution is 6.97. The fourth-order valence-corrected chi connectivity index (χ4v) is 9.89. The number of allylic oxidation sites excluding steroid dienone is 2. The molecule has 4 aromatic rings. The zero-order valence-electron chi connectivity index (χ0n) is 26.9. The Bertz CT molecular complexity index is 1820. The minimum absolute atomic E-state index is 0.0696. The Kier molecular flexibility index (Phi) is 5.82. The molecule has 0 bridgehead atoms. The van der Waals surface area contributed by atoms with Crippen LogP contribution >= 0.6 is 0 Å². The lowest BCUT2D eigenvalue weighted by Crippen LogP contribution is -2.67. The maximum Gasteiger partial charge on any atom is 0.242 e. The van der Waals surface area contributed by atoms with Crippen molar-refractivity contribution in [2.24, 2.45) is 0 Å². The molecule has 0 spiro atoms. The van der Waals surface area contributed by atoms with Crippen LogP contribution in [0.4, 0.5) is 11.4 Å². The van der Waals surface area contributed by atoms with E-state index in [1.807, 2.05) is 0 Å². The van der Waals surface area contributed by atoms with Gasteiger partial charge in [-0.2, -0.15) is 0 Å². The number of anilines is 2. The fourth-order valence-electron chi connectivity index (χ4n) is 9.89. The second kappa shape index (κ2) is 9.24. The lowest BCUT2D eigenvalue weighted by Gasteiger charge is -2.49. The van der Waals surface area contributed by atoms with E-state index in [-0.39, 0.29) is 23.0 Å². The van der Waals surface area contributed by atoms with Gasteiger partial charge in [-0.3, -0.25) is 0 Å². The van der Waals surface area contributed by atoms with Crippen LogP contribution in [0.5, 0.6) is 0 Å². The molecule has 4 aliphatic rings. The first-order valence-corrected chi connectivity index (χ1v) is 16.8. The van der Waals surface area contributed by atoms with Crippen LogP contribution in [0.1, 0.15) is 108 Å². The molecule has 0 saturated carbocycles. The molecule has 0 atom stereocenters. The van der Waals surface area contributed by atoms with Gasteiger partial charge in [0.25, 0.3) is 0 Å². The van der Waals surface area contributed by atoms with Crippen LogP contribution in [0.15, 0.2) is 96.2 Å². The van der Waals surface area contributed by atoms with E-state index in [9.17, 15) is 0 Å². The van der Waals surface area contributed by atoms with Crippen molar-refractivity contribution in [3.63, 3.8) is 0 Å². The maximum atomic E-state index is 2.64. The summed E-state index contributed by atoms with van der Waals surface area (Å²) in [5, 5.41) is 0. The van der Waals surface area contributed by atoms with Gasteiger partial charge in [-0.05, 0) is 90.1 Å². The smallest absolute Gasteiger partial charge is 0.242 e. The maximum absolute atomic E-state index is 2.64. The van der Waals surface area contributed by atoms with Crippen LogP contribution in [0.2, 0.25) is 0 Å². The number of hydrogen-bond acceptors (Lipinski definition) is 1. The molecule has 0 fully saturated rings. The molecule has 43 heavy (non-hydrogen) atoms. The summed E-state index contributed by atoms with van der Waals surface area (Å²) >= 11 is 0. The normalized spacial score (nSPS) is 20.0. The summed E-state index contributed by atoms with van der Waals surface area (Å²) in [6, 6.07) is 33.3.